The first-order valence-electron chi connectivity index (χ1n) is 8.64. The maximum Gasteiger partial charge on any atom is 0.138 e. The minimum atomic E-state index is 0.150. The fourth-order valence-electron chi connectivity index (χ4n) is 3.52. The predicted molar refractivity (Wildman–Crippen MR) is 98.3 cm³/mol. The Balaban J connectivity index is 1.64. The lowest BCUT2D eigenvalue weighted by atomic mass is 9.99. The van der Waals surface area contributed by atoms with E-state index in [0.29, 0.717) is 6.04 Å². The number of hydrogen-bond acceptors (Lipinski definition) is 3. The van der Waals surface area contributed by atoms with Crippen molar-refractivity contribution in [2.24, 2.45) is 0 Å². The lowest BCUT2D eigenvalue weighted by molar-refractivity contribution is 0.179. The summed E-state index contributed by atoms with van der Waals surface area (Å²) in [6, 6.07) is 17.4. The number of fused-ring (bicyclic) bond motifs is 1. The Labute approximate surface area is 142 Å². The van der Waals surface area contributed by atoms with Crippen LogP contribution in [0.1, 0.15) is 19.8 Å². The lowest BCUT2D eigenvalue weighted by Crippen LogP contribution is -2.36. The average Bonchev–Trinajstić information content (AvgIpc) is 3.16. The van der Waals surface area contributed by atoms with Gasteiger partial charge in [0.25, 0.3) is 0 Å². The largest absolute Gasteiger partial charge is 0.487 e. The number of ether oxygens (including phenoxy) is 1. The van der Waals surface area contributed by atoms with Crippen LogP contribution < -0.4 is 10.1 Å². The average molecular weight is 318 g/mol. The van der Waals surface area contributed by atoms with Gasteiger partial charge in [-0.25, -0.2) is 0 Å². The highest BCUT2D eigenvalue weighted by atomic mass is 16.5. The fourth-order valence-corrected chi connectivity index (χ4v) is 3.52. The van der Waals surface area contributed by atoms with Crippen LogP contribution in [0.3, 0.4) is 0 Å². The molecule has 3 heteroatoms. The number of nitrogens with one attached hydrogen (secondary N) is 1. The molecule has 2 aromatic carbocycles. The SMILES string of the molecule is CC(Oc1cncc(-c2cccc3ccccc23)c1)[C@@H]1CCCN1. The molecule has 0 spiro atoms. The van der Waals surface area contributed by atoms with E-state index in [0.717, 1.165) is 17.9 Å². The number of aromatic nitrogens is 1. The third kappa shape index (κ3) is 3.00. The van der Waals surface area contributed by atoms with Crippen LogP contribution in [0.25, 0.3) is 21.9 Å². The Morgan fingerprint density at radius 2 is 2.00 bits per heavy atom. The highest BCUT2D eigenvalue weighted by Crippen LogP contribution is 2.30. The summed E-state index contributed by atoms with van der Waals surface area (Å²) in [5.74, 6) is 0.835. The molecule has 1 N–H and O–H groups in total. The van der Waals surface area contributed by atoms with Gasteiger partial charge in [-0.15, -0.1) is 0 Å². The summed E-state index contributed by atoms with van der Waals surface area (Å²) < 4.78 is 6.15. The zero-order valence-corrected chi connectivity index (χ0v) is 13.9. The molecule has 1 aliphatic rings. The molecule has 1 saturated heterocycles. The van der Waals surface area contributed by atoms with Crippen molar-refractivity contribution in [1.29, 1.82) is 0 Å². The first-order valence-corrected chi connectivity index (χ1v) is 8.64. The van der Waals surface area contributed by atoms with E-state index < -0.39 is 0 Å². The summed E-state index contributed by atoms with van der Waals surface area (Å²) >= 11 is 0. The van der Waals surface area contributed by atoms with E-state index in [1.165, 1.54) is 29.2 Å². The fraction of sp³-hybridized carbons (Fsp3) is 0.286. The number of nitrogens with zero attached hydrogens (tertiary/aromatic N) is 1. The molecule has 0 amide bonds. The van der Waals surface area contributed by atoms with Crippen molar-refractivity contribution >= 4 is 10.8 Å². The van der Waals surface area contributed by atoms with Gasteiger partial charge in [0.2, 0.25) is 0 Å². The molecule has 1 aromatic heterocycles. The third-order valence-electron chi connectivity index (χ3n) is 4.80. The summed E-state index contributed by atoms with van der Waals surface area (Å²) in [6.45, 7) is 3.22. The van der Waals surface area contributed by atoms with Gasteiger partial charge < -0.3 is 10.1 Å². The van der Waals surface area contributed by atoms with Gasteiger partial charge in [0, 0.05) is 17.8 Å². The first kappa shape index (κ1) is 15.2. The Kier molecular flexibility index (Phi) is 4.18. The normalized spacial score (nSPS) is 18.6. The second-order valence-corrected chi connectivity index (χ2v) is 6.46. The molecule has 1 fully saturated rings. The van der Waals surface area contributed by atoms with Crippen molar-refractivity contribution in [2.45, 2.75) is 31.9 Å². The maximum atomic E-state index is 6.15. The Morgan fingerprint density at radius 3 is 2.88 bits per heavy atom. The van der Waals surface area contributed by atoms with E-state index in [2.05, 4.69) is 65.8 Å². The second kappa shape index (κ2) is 6.62. The number of pyridine rings is 1. The molecular formula is C21H22N2O. The van der Waals surface area contributed by atoms with Gasteiger partial charge >= 0.3 is 0 Å². The van der Waals surface area contributed by atoms with Crippen molar-refractivity contribution in [3.8, 4) is 16.9 Å². The van der Waals surface area contributed by atoms with Crippen LogP contribution in [0.5, 0.6) is 5.75 Å². The summed E-state index contributed by atoms with van der Waals surface area (Å²) in [7, 11) is 0. The molecule has 0 saturated carbocycles. The van der Waals surface area contributed by atoms with Gasteiger partial charge in [0.05, 0.1) is 6.20 Å². The van der Waals surface area contributed by atoms with E-state index in [1.807, 2.05) is 6.20 Å². The molecule has 122 valence electrons. The van der Waals surface area contributed by atoms with Crippen molar-refractivity contribution in [3.63, 3.8) is 0 Å². The van der Waals surface area contributed by atoms with E-state index in [4.69, 9.17) is 4.74 Å². The highest BCUT2D eigenvalue weighted by Gasteiger charge is 2.22. The Morgan fingerprint density at radius 1 is 1.12 bits per heavy atom. The minimum absolute atomic E-state index is 0.150. The molecule has 0 bridgehead atoms. The van der Waals surface area contributed by atoms with E-state index in [9.17, 15) is 0 Å². The predicted octanol–water partition coefficient (Wildman–Crippen LogP) is 4.42. The van der Waals surface area contributed by atoms with Crippen LogP contribution in [0.15, 0.2) is 60.9 Å². The van der Waals surface area contributed by atoms with Gasteiger partial charge in [-0.05, 0) is 48.7 Å². The van der Waals surface area contributed by atoms with Gasteiger partial charge in [-0.3, -0.25) is 4.98 Å². The smallest absolute Gasteiger partial charge is 0.138 e. The van der Waals surface area contributed by atoms with Crippen molar-refractivity contribution in [1.82, 2.24) is 10.3 Å². The van der Waals surface area contributed by atoms with Crippen LogP contribution in [0.4, 0.5) is 0 Å². The van der Waals surface area contributed by atoms with Gasteiger partial charge in [0.15, 0.2) is 0 Å². The zero-order chi connectivity index (χ0) is 16.4. The second-order valence-electron chi connectivity index (χ2n) is 6.46. The molecule has 24 heavy (non-hydrogen) atoms. The Bertz CT molecular complexity index is 835. The number of rotatable bonds is 4. The summed E-state index contributed by atoms with van der Waals surface area (Å²) in [4.78, 5) is 4.40. The molecular weight excluding hydrogens is 296 g/mol. The third-order valence-corrected chi connectivity index (χ3v) is 4.80. The van der Waals surface area contributed by atoms with Crippen LogP contribution in [0, 0.1) is 0 Å². The molecule has 0 radical (unpaired) electrons. The summed E-state index contributed by atoms with van der Waals surface area (Å²) in [5.41, 5.74) is 2.29. The summed E-state index contributed by atoms with van der Waals surface area (Å²) in [5, 5.41) is 5.98. The molecule has 4 rings (SSSR count). The van der Waals surface area contributed by atoms with Crippen LogP contribution in [-0.4, -0.2) is 23.7 Å². The molecule has 2 atom stereocenters. The van der Waals surface area contributed by atoms with Gasteiger partial charge in [0.1, 0.15) is 11.9 Å². The van der Waals surface area contributed by atoms with E-state index >= 15 is 0 Å². The van der Waals surface area contributed by atoms with Crippen LogP contribution in [0.2, 0.25) is 0 Å². The zero-order valence-electron chi connectivity index (χ0n) is 13.9. The number of benzene rings is 2. The molecule has 2 heterocycles. The maximum absolute atomic E-state index is 6.15. The van der Waals surface area contributed by atoms with E-state index in [1.54, 1.807) is 6.20 Å². The molecule has 1 aliphatic heterocycles. The van der Waals surface area contributed by atoms with E-state index in [-0.39, 0.29) is 6.10 Å². The van der Waals surface area contributed by atoms with Crippen molar-refractivity contribution < 1.29 is 4.74 Å². The van der Waals surface area contributed by atoms with Crippen molar-refractivity contribution in [3.05, 3.63) is 60.9 Å². The molecule has 3 nitrogen and oxygen atoms in total. The molecule has 0 aliphatic carbocycles. The van der Waals surface area contributed by atoms with Gasteiger partial charge in [-0.1, -0.05) is 42.5 Å². The quantitative estimate of drug-likeness (QED) is 0.773. The lowest BCUT2D eigenvalue weighted by Gasteiger charge is -2.21. The minimum Gasteiger partial charge on any atom is -0.487 e. The standard InChI is InChI=1S/C21H22N2O/c1-15(21-10-5-11-23-21)24-18-12-17(13-22-14-18)20-9-4-7-16-6-2-3-8-19(16)20/h2-4,6-9,12-15,21,23H,5,10-11H2,1H3/t15?,21-/m0/s1. The van der Waals surface area contributed by atoms with Crippen molar-refractivity contribution in [2.75, 3.05) is 6.54 Å². The summed E-state index contributed by atoms with van der Waals surface area (Å²) in [6.07, 6.45) is 6.27. The highest BCUT2D eigenvalue weighted by molar-refractivity contribution is 5.96. The van der Waals surface area contributed by atoms with Gasteiger partial charge in [-0.2, -0.15) is 0 Å². The van der Waals surface area contributed by atoms with Crippen LogP contribution in [-0.2, 0) is 0 Å². The monoisotopic (exact) mass is 318 g/mol. The molecule has 3 aromatic rings. The Hall–Kier alpha value is -2.39. The first-order chi connectivity index (χ1) is 11.8. The van der Waals surface area contributed by atoms with Crippen LogP contribution >= 0.6 is 0 Å². The molecule has 1 unspecified atom stereocenters. The number of hydrogen-bond donors (Lipinski definition) is 1. The topological polar surface area (TPSA) is 34.1 Å².